The summed E-state index contributed by atoms with van der Waals surface area (Å²) < 4.78 is 43.1. The molecule has 10 amide bonds. The van der Waals surface area contributed by atoms with Gasteiger partial charge in [0.05, 0.1) is 53.5 Å². The number of imide groups is 3. The van der Waals surface area contributed by atoms with Crippen LogP contribution in [0.5, 0.6) is 0 Å². The van der Waals surface area contributed by atoms with Gasteiger partial charge in [-0.05, 0) is 184 Å². The van der Waals surface area contributed by atoms with Crippen LogP contribution in [0.25, 0.3) is 14.5 Å². The molecule has 0 aliphatic carbocycles. The lowest BCUT2D eigenvalue weighted by atomic mass is 10.0. The number of Topliss-reactive ketones (excluding diaryl/α,β-unsaturated/α-hetero) is 2. The van der Waals surface area contributed by atoms with Crippen LogP contribution in [0, 0.1) is 57.9 Å². The molecule has 85 heavy (non-hydrogen) atoms. The molecule has 3 saturated heterocycles. The predicted molar refractivity (Wildman–Crippen MR) is 313 cm³/mol. The fourth-order valence-corrected chi connectivity index (χ4v) is 9.90. The number of hydrogen-bond acceptors (Lipinski definition) is 9. The largest absolute Gasteiger partial charge is 0.355 e. The first-order valence-electron chi connectivity index (χ1n) is 25.9. The van der Waals surface area contributed by atoms with Gasteiger partial charge >= 0.3 is 18.1 Å². The summed E-state index contributed by atoms with van der Waals surface area (Å²) in [5.74, 6) is -5.16. The van der Waals surface area contributed by atoms with E-state index in [-0.39, 0.29) is 33.8 Å². The zero-order valence-corrected chi connectivity index (χ0v) is 48.2. The lowest BCUT2D eigenvalue weighted by Crippen LogP contribution is -2.44. The summed E-state index contributed by atoms with van der Waals surface area (Å²) in [5.41, 5.74) is 0.649. The number of carbonyl (C=O) groups is 9. The lowest BCUT2D eigenvalue weighted by molar-refractivity contribution is -0.121. The molecule has 1 N–H and O–H groups in total. The van der Waals surface area contributed by atoms with Crippen molar-refractivity contribution in [3.05, 3.63) is 194 Å². The second-order valence-electron chi connectivity index (χ2n) is 21.4. The number of aryl methyl sites for hydroxylation is 3. The number of ketones is 2. The smallest absolute Gasteiger partial charge is 0.336 e. The third-order valence-electron chi connectivity index (χ3n) is 14.5. The lowest BCUT2D eigenvalue weighted by Gasteiger charge is -2.27. The summed E-state index contributed by atoms with van der Waals surface area (Å²) in [6, 6.07) is 23.6. The van der Waals surface area contributed by atoms with Crippen molar-refractivity contribution in [2.24, 2.45) is 0 Å². The Labute approximate surface area is 487 Å². The molecule has 0 atom stereocenters. The highest BCUT2D eigenvalue weighted by atomic mass is 19.1. The normalized spacial score (nSPS) is 15.6. The fraction of sp³-hybridized carbons (Fsp3) is 0.238. The highest BCUT2D eigenvalue weighted by molar-refractivity contribution is 6.32. The number of anilines is 6. The Morgan fingerprint density at radius 1 is 0.412 bits per heavy atom. The van der Waals surface area contributed by atoms with Crippen LogP contribution in [0.4, 0.5) is 78.7 Å². The van der Waals surface area contributed by atoms with Gasteiger partial charge in [-0.25, -0.2) is 56.8 Å². The van der Waals surface area contributed by atoms with Gasteiger partial charge in [0.25, 0.3) is 23.6 Å². The van der Waals surface area contributed by atoms with Crippen LogP contribution < -0.4 is 34.7 Å². The number of carbonyl (C=O) groups excluding carboxylic acids is 9. The Kier molecular flexibility index (Phi) is 16.9. The van der Waals surface area contributed by atoms with E-state index in [1.807, 2.05) is 0 Å². The van der Waals surface area contributed by atoms with E-state index in [2.05, 4.69) is 19.9 Å². The zero-order valence-electron chi connectivity index (χ0n) is 48.2. The molecule has 3 fully saturated rings. The second-order valence-corrected chi connectivity index (χ2v) is 21.4. The number of rotatable bonds is 9. The van der Waals surface area contributed by atoms with E-state index >= 15 is 0 Å². The van der Waals surface area contributed by atoms with Crippen molar-refractivity contribution in [1.82, 2.24) is 5.32 Å². The van der Waals surface area contributed by atoms with Crippen LogP contribution in [0.2, 0.25) is 0 Å². The van der Waals surface area contributed by atoms with Gasteiger partial charge in [0.1, 0.15) is 34.1 Å². The van der Waals surface area contributed by atoms with Gasteiger partial charge in [0.2, 0.25) is 0 Å². The minimum Gasteiger partial charge on any atom is -0.355 e. The van der Waals surface area contributed by atoms with E-state index in [1.54, 1.807) is 98.7 Å². The highest BCUT2D eigenvalue weighted by Crippen LogP contribution is 2.41. The number of amides is 10. The number of urea groups is 3. The molecule has 0 aromatic heterocycles. The topological polar surface area (TPSA) is 198 Å². The first kappa shape index (κ1) is 61.8. The summed E-state index contributed by atoms with van der Waals surface area (Å²) in [4.78, 5) is 130. The van der Waals surface area contributed by atoms with Crippen LogP contribution >= 0.6 is 0 Å². The molecule has 0 saturated carbocycles. The Balaban J connectivity index is 0.000000183. The average Bonchev–Trinajstić information content (AvgIpc) is 1.70. The number of nitrogens with zero attached hydrogens (tertiary/aromatic N) is 9. The van der Waals surface area contributed by atoms with E-state index in [0.717, 1.165) is 32.9 Å². The first-order valence-corrected chi connectivity index (χ1v) is 25.9. The van der Waals surface area contributed by atoms with Crippen LogP contribution in [0.15, 0.2) is 109 Å². The summed E-state index contributed by atoms with van der Waals surface area (Å²) >= 11 is 0. The summed E-state index contributed by atoms with van der Waals surface area (Å²) in [6.07, 6.45) is 0. The first-order chi connectivity index (χ1) is 39.8. The molecule has 3 aliphatic heterocycles. The Morgan fingerprint density at radius 2 is 0.659 bits per heavy atom. The molecule has 3 aliphatic rings. The summed E-state index contributed by atoms with van der Waals surface area (Å²) in [5, 5.41) is 2.34. The van der Waals surface area contributed by atoms with Crippen molar-refractivity contribution < 1.29 is 56.3 Å². The number of benzene rings is 6. The molecule has 0 bridgehead atoms. The van der Waals surface area contributed by atoms with E-state index < -0.39 is 87.4 Å². The van der Waals surface area contributed by atoms with Crippen molar-refractivity contribution in [2.75, 3.05) is 36.4 Å². The molecule has 3 heterocycles. The molecule has 19 nitrogen and oxygen atoms in total. The van der Waals surface area contributed by atoms with E-state index in [9.17, 15) is 56.3 Å². The molecule has 432 valence electrons. The number of halogens is 3. The van der Waals surface area contributed by atoms with Crippen LogP contribution in [-0.2, 0) is 14.4 Å². The Hall–Kier alpha value is -10.8. The molecule has 9 rings (SSSR count). The molecule has 6 aromatic carbocycles. The van der Waals surface area contributed by atoms with Gasteiger partial charge in [0.15, 0.2) is 28.6 Å². The number of nitrogens with one attached hydrogen (secondary N) is 1. The van der Waals surface area contributed by atoms with Gasteiger partial charge in [-0.15, -0.1) is 0 Å². The standard InChI is InChI=1S/C21H19FN4O3.2C21H18FN3O3/c1-12-10-13(7-9-17(12)23-4)25-19(28)21(2,3)26(20(25)29)14-6-8-15(16(22)11-14)18(27)24-5;2*1-12-10-14(7-9-18(12)23-5)24-19(27)21(3,4)25(20(24)28)15-6-8-16(13(2)26)17(22)11-15/h6-11H,1-3,5H3,(H,24,27);2*6-11H,1-4H3. The van der Waals surface area contributed by atoms with E-state index in [0.29, 0.717) is 50.8 Å². The van der Waals surface area contributed by atoms with E-state index in [4.69, 9.17) is 19.7 Å². The maximum atomic E-state index is 14.4. The van der Waals surface area contributed by atoms with Crippen molar-refractivity contribution >= 4 is 104 Å². The Morgan fingerprint density at radius 3 is 0.871 bits per heavy atom. The highest BCUT2D eigenvalue weighted by Gasteiger charge is 2.55. The third kappa shape index (κ3) is 11.1. The number of hydrogen-bond donors (Lipinski definition) is 1. The SMILES string of the molecule is [C-]#[N+]c1ccc(N2C(=O)N(c3ccc(C(=O)NC)c(F)c3)C(C)(C)C2=O)cc1C.[C-]#[N+]c1ccc(N2C(=O)N(c3ccc(C(C)=O)c(F)c3)C(C)(C)C2=O)cc1C.[C-]#[N+]c1ccc(N2C(=O)N(c3ccc(C(C)=O)c(F)c3)C(C)(C)C2=O)cc1C. The molecule has 0 spiro atoms. The van der Waals surface area contributed by atoms with Crippen LogP contribution in [0.3, 0.4) is 0 Å². The van der Waals surface area contributed by atoms with E-state index in [1.165, 1.54) is 90.2 Å². The maximum absolute atomic E-state index is 14.4. The van der Waals surface area contributed by atoms with Crippen molar-refractivity contribution in [2.45, 2.75) is 92.8 Å². The Bertz CT molecular complexity index is 3870. The average molecular weight is 1150 g/mol. The second kappa shape index (κ2) is 23.2. The van der Waals surface area contributed by atoms with Gasteiger partial charge in [0, 0.05) is 24.1 Å². The minimum atomic E-state index is -1.27. The molecular formula is C63H55F3N10O9. The molecular weight excluding hydrogens is 1100 g/mol. The van der Waals surface area contributed by atoms with Crippen molar-refractivity contribution in [1.29, 1.82) is 0 Å². The predicted octanol–water partition coefficient (Wildman–Crippen LogP) is 13.1. The summed E-state index contributed by atoms with van der Waals surface area (Å²) in [6.45, 7) is 38.5. The van der Waals surface area contributed by atoms with Gasteiger partial charge in [-0.2, -0.15) is 0 Å². The van der Waals surface area contributed by atoms with Crippen molar-refractivity contribution in [3.63, 3.8) is 0 Å². The molecule has 22 heteroatoms. The third-order valence-corrected chi connectivity index (χ3v) is 14.5. The molecule has 6 aromatic rings. The quantitative estimate of drug-likeness (QED) is 0.0831. The zero-order chi connectivity index (χ0) is 63.1. The maximum Gasteiger partial charge on any atom is 0.336 e. The minimum absolute atomic E-state index is 0.0817. The summed E-state index contributed by atoms with van der Waals surface area (Å²) in [7, 11) is 1.39. The molecule has 0 unspecified atom stereocenters. The van der Waals surface area contributed by atoms with Crippen LogP contribution in [-0.4, -0.2) is 77.0 Å². The van der Waals surface area contributed by atoms with Gasteiger partial charge in [-0.1, -0.05) is 18.2 Å². The monoisotopic (exact) mass is 1150 g/mol. The molecule has 0 radical (unpaired) electrons. The van der Waals surface area contributed by atoms with Crippen LogP contribution in [0.1, 0.15) is 103 Å². The van der Waals surface area contributed by atoms with Gasteiger partial charge in [-0.3, -0.25) is 43.5 Å². The van der Waals surface area contributed by atoms with Crippen molar-refractivity contribution in [3.8, 4) is 0 Å². The van der Waals surface area contributed by atoms with Gasteiger partial charge < -0.3 is 5.32 Å². The fourth-order valence-electron chi connectivity index (χ4n) is 9.90.